The van der Waals surface area contributed by atoms with Crippen LogP contribution < -0.4 is 10.5 Å². The minimum Gasteiger partial charge on any atom is -0.508 e. The van der Waals surface area contributed by atoms with Gasteiger partial charge in [-0.15, -0.1) is 0 Å². The highest BCUT2D eigenvalue weighted by molar-refractivity contribution is 6.07. The van der Waals surface area contributed by atoms with Crippen LogP contribution in [-0.4, -0.2) is 36.0 Å². The number of rotatable bonds is 4. The second kappa shape index (κ2) is 7.13. The highest BCUT2D eigenvalue weighted by atomic mass is 16.5. The molecule has 2 aromatic carbocycles. The molecule has 0 saturated heterocycles. The topological polar surface area (TPSA) is 88.2 Å². The number of phenols is 1. The second-order valence-electron chi connectivity index (χ2n) is 7.26. The number of carbonyl (C=O) groups is 1. The van der Waals surface area contributed by atoms with Gasteiger partial charge in [0, 0.05) is 19.0 Å². The largest absolute Gasteiger partial charge is 0.508 e. The predicted molar refractivity (Wildman–Crippen MR) is 113 cm³/mol. The summed E-state index contributed by atoms with van der Waals surface area (Å²) in [6.45, 7) is 0. The number of hydrogen-bond donors (Lipinski definition) is 2. The number of carbonyl (C=O) groups excluding carboxylic acids is 1. The Kier molecular flexibility index (Phi) is 4.62. The maximum Gasteiger partial charge on any atom is 0.262 e. The van der Waals surface area contributed by atoms with Crippen molar-refractivity contribution in [1.82, 2.24) is 4.90 Å². The van der Waals surface area contributed by atoms with Crippen molar-refractivity contribution in [2.75, 3.05) is 14.2 Å². The van der Waals surface area contributed by atoms with Crippen molar-refractivity contribution >= 4 is 11.9 Å². The molecule has 0 fully saturated rings. The highest BCUT2D eigenvalue weighted by Gasteiger charge is 2.52. The van der Waals surface area contributed by atoms with Crippen LogP contribution in [-0.2, 0) is 10.3 Å². The van der Waals surface area contributed by atoms with E-state index in [1.54, 1.807) is 26.3 Å². The number of amides is 1. The zero-order chi connectivity index (χ0) is 20.6. The lowest BCUT2D eigenvalue weighted by atomic mass is 9.74. The SMILES string of the molecule is COc1cc(O)cc(-c2cccc(C3(C4C=CC=CC4)N=C(N)N(C)C3=O)c2)c1. The number of hydrogen-bond acceptors (Lipinski definition) is 5. The summed E-state index contributed by atoms with van der Waals surface area (Å²) in [5.41, 5.74) is 7.34. The van der Waals surface area contributed by atoms with Gasteiger partial charge in [-0.3, -0.25) is 9.69 Å². The van der Waals surface area contributed by atoms with Crippen molar-refractivity contribution in [2.45, 2.75) is 12.0 Å². The number of likely N-dealkylation sites (N-methyl/N-ethyl adjacent to an activating group) is 1. The van der Waals surface area contributed by atoms with Gasteiger partial charge in [-0.05, 0) is 41.3 Å². The Morgan fingerprint density at radius 2 is 2.03 bits per heavy atom. The number of aromatic hydroxyl groups is 1. The number of benzene rings is 2. The zero-order valence-corrected chi connectivity index (χ0v) is 16.4. The van der Waals surface area contributed by atoms with E-state index in [1.807, 2.05) is 54.6 Å². The van der Waals surface area contributed by atoms with Gasteiger partial charge in [0.2, 0.25) is 0 Å². The Morgan fingerprint density at radius 3 is 2.69 bits per heavy atom. The Balaban J connectivity index is 1.87. The van der Waals surface area contributed by atoms with Gasteiger partial charge in [-0.2, -0.15) is 0 Å². The Hall–Kier alpha value is -3.54. The smallest absolute Gasteiger partial charge is 0.262 e. The summed E-state index contributed by atoms with van der Waals surface area (Å²) >= 11 is 0. The fourth-order valence-corrected chi connectivity index (χ4v) is 4.00. The molecule has 0 spiro atoms. The lowest BCUT2D eigenvalue weighted by Gasteiger charge is -2.32. The molecule has 0 aromatic heterocycles. The first-order chi connectivity index (χ1) is 14.0. The third-order valence-corrected chi connectivity index (χ3v) is 5.55. The quantitative estimate of drug-likeness (QED) is 0.841. The van der Waals surface area contributed by atoms with E-state index >= 15 is 0 Å². The Bertz CT molecular complexity index is 1060. The second-order valence-corrected chi connectivity index (χ2v) is 7.26. The number of aliphatic imine (C=N–C) groups is 1. The monoisotopic (exact) mass is 389 g/mol. The number of methoxy groups -OCH3 is 1. The summed E-state index contributed by atoms with van der Waals surface area (Å²) in [5.74, 6) is 0.587. The van der Waals surface area contributed by atoms with Crippen molar-refractivity contribution in [1.29, 1.82) is 0 Å². The third-order valence-electron chi connectivity index (χ3n) is 5.55. The average Bonchev–Trinajstić information content (AvgIpc) is 2.99. The van der Waals surface area contributed by atoms with Crippen molar-refractivity contribution in [3.63, 3.8) is 0 Å². The molecular formula is C23H23N3O3. The predicted octanol–water partition coefficient (Wildman–Crippen LogP) is 3.18. The molecule has 29 heavy (non-hydrogen) atoms. The van der Waals surface area contributed by atoms with Gasteiger partial charge < -0.3 is 15.6 Å². The van der Waals surface area contributed by atoms with Crippen LogP contribution >= 0.6 is 0 Å². The molecule has 1 heterocycles. The standard InChI is InChI=1S/C23H23N3O3/c1-26-21(28)23(25-22(26)24,17-8-4-3-5-9-17)18-10-6-7-15(11-18)16-12-19(27)14-20(13-16)29-2/h3-8,10-14,17,27H,9H2,1-2H3,(H2,24,25). The summed E-state index contributed by atoms with van der Waals surface area (Å²) in [6, 6.07) is 12.7. The summed E-state index contributed by atoms with van der Waals surface area (Å²) in [4.78, 5) is 19.4. The van der Waals surface area contributed by atoms with Crippen LogP contribution in [0.2, 0.25) is 0 Å². The van der Waals surface area contributed by atoms with Crippen molar-refractivity contribution in [3.05, 3.63) is 72.3 Å². The van der Waals surface area contributed by atoms with Gasteiger partial charge in [0.15, 0.2) is 11.5 Å². The zero-order valence-electron chi connectivity index (χ0n) is 16.4. The van der Waals surface area contributed by atoms with E-state index in [-0.39, 0.29) is 23.5 Å². The molecular weight excluding hydrogens is 366 g/mol. The fraction of sp³-hybridized carbons (Fsp3) is 0.217. The normalized spacial score (nSPS) is 23.4. The van der Waals surface area contributed by atoms with Gasteiger partial charge in [0.05, 0.1) is 7.11 Å². The van der Waals surface area contributed by atoms with Crippen LogP contribution in [0.25, 0.3) is 11.1 Å². The number of nitrogens with two attached hydrogens (primary N) is 1. The van der Waals surface area contributed by atoms with Gasteiger partial charge in [-0.1, -0.05) is 42.5 Å². The molecule has 1 amide bonds. The summed E-state index contributed by atoms with van der Waals surface area (Å²) in [7, 11) is 3.20. The molecule has 2 aromatic rings. The van der Waals surface area contributed by atoms with E-state index in [1.165, 1.54) is 4.90 Å². The third kappa shape index (κ3) is 3.06. The van der Waals surface area contributed by atoms with Crippen molar-refractivity contribution < 1.29 is 14.6 Å². The number of nitrogens with zero attached hydrogens (tertiary/aromatic N) is 2. The van der Waals surface area contributed by atoms with Crippen molar-refractivity contribution in [2.24, 2.45) is 16.6 Å². The lowest BCUT2D eigenvalue weighted by molar-refractivity contribution is -0.132. The molecule has 1 aliphatic carbocycles. The van der Waals surface area contributed by atoms with Gasteiger partial charge in [0.1, 0.15) is 11.5 Å². The van der Waals surface area contributed by atoms with E-state index in [0.29, 0.717) is 12.2 Å². The highest BCUT2D eigenvalue weighted by Crippen LogP contribution is 2.44. The van der Waals surface area contributed by atoms with E-state index < -0.39 is 5.54 Å². The molecule has 4 rings (SSSR count). The van der Waals surface area contributed by atoms with Crippen LogP contribution in [0.4, 0.5) is 0 Å². The number of guanidine groups is 1. The lowest BCUT2D eigenvalue weighted by Crippen LogP contribution is -2.44. The van der Waals surface area contributed by atoms with Crippen LogP contribution in [0.15, 0.2) is 71.8 Å². The first kappa shape index (κ1) is 18.8. The van der Waals surface area contributed by atoms with Gasteiger partial charge in [0.25, 0.3) is 5.91 Å². The molecule has 0 bridgehead atoms. The number of phenolic OH excluding ortho intramolecular Hbond substituents is 1. The molecule has 0 radical (unpaired) electrons. The molecule has 6 heteroatoms. The molecule has 0 saturated carbocycles. The van der Waals surface area contributed by atoms with Crippen molar-refractivity contribution in [3.8, 4) is 22.6 Å². The summed E-state index contributed by atoms with van der Waals surface area (Å²) in [6.07, 6.45) is 8.65. The van der Waals surface area contributed by atoms with Crippen LogP contribution in [0.3, 0.4) is 0 Å². The van der Waals surface area contributed by atoms with Gasteiger partial charge >= 0.3 is 0 Å². The van der Waals surface area contributed by atoms with Gasteiger partial charge in [-0.25, -0.2) is 4.99 Å². The molecule has 2 aliphatic rings. The van der Waals surface area contributed by atoms with E-state index in [2.05, 4.69) is 4.99 Å². The minimum absolute atomic E-state index is 0.110. The Labute approximate surface area is 169 Å². The van der Waals surface area contributed by atoms with E-state index in [4.69, 9.17) is 10.5 Å². The molecule has 1 aliphatic heterocycles. The first-order valence-electron chi connectivity index (χ1n) is 9.41. The van der Waals surface area contributed by atoms with Crippen LogP contribution in [0, 0.1) is 5.92 Å². The number of ether oxygens (including phenoxy) is 1. The summed E-state index contributed by atoms with van der Waals surface area (Å²) < 4.78 is 5.27. The Morgan fingerprint density at radius 1 is 1.21 bits per heavy atom. The first-order valence-corrected chi connectivity index (χ1v) is 9.41. The van der Waals surface area contributed by atoms with E-state index in [0.717, 1.165) is 16.7 Å². The molecule has 6 nitrogen and oxygen atoms in total. The average molecular weight is 389 g/mol. The van der Waals surface area contributed by atoms with Crippen LogP contribution in [0.1, 0.15) is 12.0 Å². The number of allylic oxidation sites excluding steroid dienone is 3. The molecule has 148 valence electrons. The van der Waals surface area contributed by atoms with Crippen LogP contribution in [0.5, 0.6) is 11.5 Å². The fourth-order valence-electron chi connectivity index (χ4n) is 4.00. The molecule has 2 atom stereocenters. The summed E-state index contributed by atoms with van der Waals surface area (Å²) in [5, 5.41) is 10.0. The van der Waals surface area contributed by atoms with E-state index in [9.17, 15) is 9.90 Å². The maximum atomic E-state index is 13.4. The maximum absolute atomic E-state index is 13.4. The minimum atomic E-state index is -1.11. The molecule has 3 N–H and O–H groups in total. The molecule has 2 unspecified atom stereocenters.